The Kier molecular flexibility index (Phi) is 4.80. The number of hydrogen-bond donors (Lipinski definition) is 1. The van der Waals surface area contributed by atoms with Crippen LogP contribution in [-0.4, -0.2) is 29.8 Å². The largest absolute Gasteiger partial charge is 0.297 e. The molecule has 0 atom stereocenters. The van der Waals surface area contributed by atoms with Crippen LogP contribution in [0.5, 0.6) is 0 Å². The summed E-state index contributed by atoms with van der Waals surface area (Å²) < 4.78 is 0. The highest BCUT2D eigenvalue weighted by atomic mass is 16.6. The normalized spacial score (nSPS) is 13.5. The summed E-state index contributed by atoms with van der Waals surface area (Å²) in [5.74, 6) is -0.424. The Labute approximate surface area is 134 Å². The molecule has 5 nitrogen and oxygen atoms in total. The predicted molar refractivity (Wildman–Crippen MR) is 85.7 cm³/mol. The Hall–Kier alpha value is -2.50. The SMILES string of the molecule is O=C1c2ccccc2C(=O)N1CCCNOCc1ccccc1. The Bertz CT molecular complexity index is 665. The first-order valence-corrected chi connectivity index (χ1v) is 7.61. The van der Waals surface area contributed by atoms with E-state index < -0.39 is 0 Å². The van der Waals surface area contributed by atoms with Crippen LogP contribution < -0.4 is 5.48 Å². The van der Waals surface area contributed by atoms with Crippen molar-refractivity contribution >= 4 is 11.8 Å². The van der Waals surface area contributed by atoms with Crippen LogP contribution in [0.4, 0.5) is 0 Å². The van der Waals surface area contributed by atoms with Crippen molar-refractivity contribution in [2.75, 3.05) is 13.1 Å². The molecule has 0 aromatic heterocycles. The monoisotopic (exact) mass is 310 g/mol. The number of imide groups is 1. The van der Waals surface area contributed by atoms with Crippen LogP contribution in [0.2, 0.25) is 0 Å². The predicted octanol–water partition coefficient (Wildman–Crippen LogP) is 2.39. The molecule has 23 heavy (non-hydrogen) atoms. The third-order valence-corrected chi connectivity index (χ3v) is 3.72. The molecule has 1 N–H and O–H groups in total. The Morgan fingerprint density at radius 3 is 2.13 bits per heavy atom. The number of carbonyl (C=O) groups is 2. The fraction of sp³-hybridized carbons (Fsp3) is 0.222. The van der Waals surface area contributed by atoms with Gasteiger partial charge in [-0.3, -0.25) is 19.3 Å². The molecule has 0 radical (unpaired) electrons. The molecule has 2 aromatic rings. The van der Waals surface area contributed by atoms with Crippen LogP contribution in [0.25, 0.3) is 0 Å². The summed E-state index contributed by atoms with van der Waals surface area (Å²) in [5.41, 5.74) is 4.93. The van der Waals surface area contributed by atoms with Crippen molar-refractivity contribution in [1.82, 2.24) is 10.4 Å². The van der Waals surface area contributed by atoms with E-state index >= 15 is 0 Å². The highest BCUT2D eigenvalue weighted by Gasteiger charge is 2.34. The van der Waals surface area contributed by atoms with Crippen molar-refractivity contribution in [3.05, 3.63) is 71.3 Å². The lowest BCUT2D eigenvalue weighted by Crippen LogP contribution is -2.32. The van der Waals surface area contributed by atoms with Crippen molar-refractivity contribution in [3.8, 4) is 0 Å². The van der Waals surface area contributed by atoms with Crippen LogP contribution in [0.1, 0.15) is 32.7 Å². The highest BCUT2D eigenvalue weighted by molar-refractivity contribution is 6.21. The van der Waals surface area contributed by atoms with Gasteiger partial charge in [-0.25, -0.2) is 5.48 Å². The Morgan fingerprint density at radius 2 is 1.48 bits per heavy atom. The number of carbonyl (C=O) groups excluding carboxylic acids is 2. The Balaban J connectivity index is 1.40. The number of benzene rings is 2. The van der Waals surface area contributed by atoms with Crippen molar-refractivity contribution in [2.45, 2.75) is 13.0 Å². The maximum Gasteiger partial charge on any atom is 0.261 e. The van der Waals surface area contributed by atoms with Gasteiger partial charge in [0, 0.05) is 13.1 Å². The lowest BCUT2D eigenvalue weighted by Gasteiger charge is -2.13. The van der Waals surface area contributed by atoms with Gasteiger partial charge in [0.1, 0.15) is 0 Å². The molecular weight excluding hydrogens is 292 g/mol. The molecule has 2 aromatic carbocycles. The topological polar surface area (TPSA) is 58.6 Å². The van der Waals surface area contributed by atoms with E-state index in [4.69, 9.17) is 4.84 Å². The number of hydroxylamine groups is 1. The standard InChI is InChI=1S/C18H18N2O3/c21-17-15-9-4-5-10-16(15)18(22)20(17)12-6-11-19-23-13-14-7-2-1-3-8-14/h1-5,7-10,19H,6,11-13H2. The van der Waals surface area contributed by atoms with Gasteiger partial charge < -0.3 is 0 Å². The molecular formula is C18H18N2O3. The fourth-order valence-electron chi connectivity index (χ4n) is 2.53. The second-order valence-corrected chi connectivity index (χ2v) is 5.33. The van der Waals surface area contributed by atoms with E-state index in [-0.39, 0.29) is 11.8 Å². The summed E-state index contributed by atoms with van der Waals surface area (Å²) >= 11 is 0. The van der Waals surface area contributed by atoms with E-state index in [1.807, 2.05) is 30.3 Å². The van der Waals surface area contributed by atoms with Crippen molar-refractivity contribution < 1.29 is 14.4 Å². The summed E-state index contributed by atoms with van der Waals surface area (Å²) in [6.07, 6.45) is 0.639. The van der Waals surface area contributed by atoms with Gasteiger partial charge in [-0.2, -0.15) is 0 Å². The molecule has 1 heterocycles. The molecule has 0 fully saturated rings. The number of fused-ring (bicyclic) bond motifs is 1. The average Bonchev–Trinajstić information content (AvgIpc) is 2.84. The molecule has 0 saturated carbocycles. The number of amides is 2. The molecule has 0 bridgehead atoms. The first-order chi connectivity index (χ1) is 11.3. The van der Waals surface area contributed by atoms with Gasteiger partial charge in [0.25, 0.3) is 11.8 Å². The van der Waals surface area contributed by atoms with Crippen LogP contribution in [-0.2, 0) is 11.4 Å². The maximum atomic E-state index is 12.2. The quantitative estimate of drug-likeness (QED) is 0.485. The molecule has 0 saturated heterocycles. The number of hydrogen-bond acceptors (Lipinski definition) is 4. The second-order valence-electron chi connectivity index (χ2n) is 5.33. The van der Waals surface area contributed by atoms with Crippen molar-refractivity contribution in [3.63, 3.8) is 0 Å². The van der Waals surface area contributed by atoms with Crippen LogP contribution in [0.3, 0.4) is 0 Å². The lowest BCUT2D eigenvalue weighted by molar-refractivity contribution is 0.0259. The van der Waals surface area contributed by atoms with Gasteiger partial charge in [0.15, 0.2) is 0 Å². The summed E-state index contributed by atoms with van der Waals surface area (Å²) in [6.45, 7) is 1.43. The fourth-order valence-corrected chi connectivity index (χ4v) is 2.53. The zero-order valence-electron chi connectivity index (χ0n) is 12.7. The molecule has 0 aliphatic carbocycles. The zero-order valence-corrected chi connectivity index (χ0v) is 12.7. The minimum atomic E-state index is -0.212. The van der Waals surface area contributed by atoms with E-state index in [0.29, 0.717) is 37.2 Å². The number of nitrogens with zero attached hydrogens (tertiary/aromatic N) is 1. The zero-order chi connectivity index (χ0) is 16.1. The minimum absolute atomic E-state index is 0.212. The summed E-state index contributed by atoms with van der Waals surface area (Å²) in [4.78, 5) is 31.0. The summed E-state index contributed by atoms with van der Waals surface area (Å²) in [6, 6.07) is 16.8. The second kappa shape index (κ2) is 7.17. The van der Waals surface area contributed by atoms with Crippen LogP contribution in [0, 0.1) is 0 Å². The van der Waals surface area contributed by atoms with Crippen molar-refractivity contribution in [2.24, 2.45) is 0 Å². The molecule has 2 amide bonds. The van der Waals surface area contributed by atoms with Gasteiger partial charge in [0.05, 0.1) is 17.7 Å². The molecule has 118 valence electrons. The first kappa shape index (κ1) is 15.4. The molecule has 0 unspecified atom stereocenters. The van der Waals surface area contributed by atoms with E-state index in [2.05, 4.69) is 5.48 Å². The molecule has 1 aliphatic rings. The minimum Gasteiger partial charge on any atom is -0.297 e. The van der Waals surface area contributed by atoms with Gasteiger partial charge >= 0.3 is 0 Å². The van der Waals surface area contributed by atoms with Gasteiger partial charge in [-0.05, 0) is 24.1 Å². The van der Waals surface area contributed by atoms with E-state index in [9.17, 15) is 9.59 Å². The molecule has 0 spiro atoms. The van der Waals surface area contributed by atoms with E-state index in [1.165, 1.54) is 4.90 Å². The van der Waals surface area contributed by atoms with Crippen LogP contribution >= 0.6 is 0 Å². The van der Waals surface area contributed by atoms with E-state index in [1.54, 1.807) is 24.3 Å². The third-order valence-electron chi connectivity index (χ3n) is 3.72. The van der Waals surface area contributed by atoms with Crippen molar-refractivity contribution in [1.29, 1.82) is 0 Å². The Morgan fingerprint density at radius 1 is 0.870 bits per heavy atom. The van der Waals surface area contributed by atoms with Gasteiger partial charge in [-0.15, -0.1) is 0 Å². The van der Waals surface area contributed by atoms with Crippen LogP contribution in [0.15, 0.2) is 54.6 Å². The number of nitrogens with one attached hydrogen (secondary N) is 1. The third kappa shape index (κ3) is 3.47. The first-order valence-electron chi connectivity index (χ1n) is 7.61. The molecule has 1 aliphatic heterocycles. The molecule has 3 rings (SSSR count). The average molecular weight is 310 g/mol. The van der Waals surface area contributed by atoms with E-state index in [0.717, 1.165) is 5.56 Å². The smallest absolute Gasteiger partial charge is 0.261 e. The lowest BCUT2D eigenvalue weighted by atomic mass is 10.1. The highest BCUT2D eigenvalue weighted by Crippen LogP contribution is 2.22. The van der Waals surface area contributed by atoms with Gasteiger partial charge in [-0.1, -0.05) is 42.5 Å². The number of rotatable bonds is 7. The summed E-state index contributed by atoms with van der Waals surface area (Å²) in [5, 5.41) is 0. The van der Waals surface area contributed by atoms with Gasteiger partial charge in [0.2, 0.25) is 0 Å². The maximum absolute atomic E-state index is 12.2. The molecule has 5 heteroatoms. The summed E-state index contributed by atoms with van der Waals surface area (Å²) in [7, 11) is 0.